The van der Waals surface area contributed by atoms with Gasteiger partial charge in [-0.2, -0.15) is 13.2 Å². The maximum absolute atomic E-state index is 12.4. The van der Waals surface area contributed by atoms with Gasteiger partial charge in [0.15, 0.2) is 0 Å². The van der Waals surface area contributed by atoms with E-state index in [1.54, 1.807) is 13.8 Å². The molecular weight excluding hydrogens is 319 g/mol. The lowest BCUT2D eigenvalue weighted by atomic mass is 10.3. The topological polar surface area (TPSA) is 71.1 Å². The first-order valence-electron chi connectivity index (χ1n) is 6.40. The van der Waals surface area contributed by atoms with Crippen LogP contribution in [0.3, 0.4) is 0 Å². The Labute approximate surface area is 130 Å². The van der Waals surface area contributed by atoms with Gasteiger partial charge in [-0.3, -0.25) is 9.59 Å². The van der Waals surface area contributed by atoms with Crippen molar-refractivity contribution >= 4 is 23.6 Å². The molecule has 1 aromatic heterocycles. The van der Waals surface area contributed by atoms with E-state index in [0.717, 1.165) is 24.0 Å². The monoisotopic (exact) mass is 335 g/mol. The lowest BCUT2D eigenvalue weighted by Gasteiger charge is -2.09. The summed E-state index contributed by atoms with van der Waals surface area (Å²) < 4.78 is 37.1. The van der Waals surface area contributed by atoms with Crippen molar-refractivity contribution < 1.29 is 22.8 Å². The SMILES string of the molecule is CC(C)NC(=O)CNC(=O)CSc1ccc(C(F)(F)F)cn1. The van der Waals surface area contributed by atoms with Gasteiger partial charge in [-0.1, -0.05) is 11.8 Å². The lowest BCUT2D eigenvalue weighted by Crippen LogP contribution is -2.40. The van der Waals surface area contributed by atoms with Crippen molar-refractivity contribution in [2.75, 3.05) is 12.3 Å². The predicted molar refractivity (Wildman–Crippen MR) is 76.3 cm³/mol. The highest BCUT2D eigenvalue weighted by atomic mass is 32.2. The Morgan fingerprint density at radius 1 is 1.27 bits per heavy atom. The van der Waals surface area contributed by atoms with Crippen LogP contribution in [0.1, 0.15) is 19.4 Å². The van der Waals surface area contributed by atoms with Gasteiger partial charge in [-0.25, -0.2) is 4.98 Å². The molecule has 0 bridgehead atoms. The molecule has 9 heteroatoms. The van der Waals surface area contributed by atoms with Crippen molar-refractivity contribution in [3.05, 3.63) is 23.9 Å². The number of halogens is 3. The van der Waals surface area contributed by atoms with Crippen molar-refractivity contribution in [1.82, 2.24) is 15.6 Å². The number of nitrogens with zero attached hydrogens (tertiary/aromatic N) is 1. The third kappa shape index (κ3) is 6.79. The van der Waals surface area contributed by atoms with Crippen LogP contribution in [0.2, 0.25) is 0 Å². The number of hydrogen-bond donors (Lipinski definition) is 2. The van der Waals surface area contributed by atoms with Gasteiger partial charge in [0, 0.05) is 12.2 Å². The second kappa shape index (κ2) is 8.02. The zero-order chi connectivity index (χ0) is 16.8. The Morgan fingerprint density at radius 2 is 1.95 bits per heavy atom. The molecule has 0 aliphatic carbocycles. The van der Waals surface area contributed by atoms with Crippen LogP contribution >= 0.6 is 11.8 Å². The molecule has 2 amide bonds. The molecule has 5 nitrogen and oxygen atoms in total. The highest BCUT2D eigenvalue weighted by molar-refractivity contribution is 7.99. The third-order valence-corrected chi connectivity index (χ3v) is 3.25. The second-order valence-electron chi connectivity index (χ2n) is 4.67. The zero-order valence-corrected chi connectivity index (χ0v) is 12.8. The molecule has 0 radical (unpaired) electrons. The number of rotatable bonds is 6. The quantitative estimate of drug-likeness (QED) is 0.778. The van der Waals surface area contributed by atoms with Gasteiger partial charge >= 0.3 is 6.18 Å². The zero-order valence-electron chi connectivity index (χ0n) is 12.0. The van der Waals surface area contributed by atoms with Crippen molar-refractivity contribution in [3.63, 3.8) is 0 Å². The third-order valence-electron chi connectivity index (χ3n) is 2.31. The largest absolute Gasteiger partial charge is 0.417 e. The fourth-order valence-electron chi connectivity index (χ4n) is 1.38. The molecule has 0 atom stereocenters. The molecule has 0 saturated heterocycles. The summed E-state index contributed by atoms with van der Waals surface area (Å²) in [7, 11) is 0. The molecule has 0 saturated carbocycles. The Morgan fingerprint density at radius 3 is 2.45 bits per heavy atom. The first kappa shape index (κ1) is 18.3. The standard InChI is InChI=1S/C13H16F3N3O2S/c1-8(2)19-10(20)6-17-11(21)7-22-12-4-3-9(5-18-12)13(14,15)16/h3-5,8H,6-7H2,1-2H3,(H,17,21)(H,19,20). The average Bonchev–Trinajstić information content (AvgIpc) is 2.41. The van der Waals surface area contributed by atoms with Crippen LogP contribution in [0.15, 0.2) is 23.4 Å². The average molecular weight is 335 g/mol. The number of aromatic nitrogens is 1. The van der Waals surface area contributed by atoms with E-state index < -0.39 is 17.6 Å². The first-order chi connectivity index (χ1) is 10.2. The summed E-state index contributed by atoms with van der Waals surface area (Å²) in [4.78, 5) is 26.5. The maximum atomic E-state index is 12.4. The van der Waals surface area contributed by atoms with E-state index in [2.05, 4.69) is 15.6 Å². The minimum atomic E-state index is -4.43. The molecule has 0 aliphatic heterocycles. The number of alkyl halides is 3. The van der Waals surface area contributed by atoms with Gasteiger partial charge in [-0.15, -0.1) is 0 Å². The molecule has 122 valence electrons. The van der Waals surface area contributed by atoms with E-state index in [-0.39, 0.29) is 24.2 Å². The van der Waals surface area contributed by atoms with Crippen LogP contribution < -0.4 is 10.6 Å². The molecule has 0 aromatic carbocycles. The van der Waals surface area contributed by atoms with E-state index in [1.807, 2.05) is 0 Å². The Bertz CT molecular complexity index is 518. The van der Waals surface area contributed by atoms with Crippen LogP contribution in [-0.4, -0.2) is 35.1 Å². The van der Waals surface area contributed by atoms with Gasteiger partial charge in [0.25, 0.3) is 0 Å². The van der Waals surface area contributed by atoms with E-state index in [0.29, 0.717) is 5.03 Å². The fourth-order valence-corrected chi connectivity index (χ4v) is 2.05. The van der Waals surface area contributed by atoms with E-state index in [4.69, 9.17) is 0 Å². The van der Waals surface area contributed by atoms with Crippen LogP contribution in [0.25, 0.3) is 0 Å². The van der Waals surface area contributed by atoms with E-state index in [9.17, 15) is 22.8 Å². The summed E-state index contributed by atoms with van der Waals surface area (Å²) in [5.74, 6) is -0.737. The number of carbonyl (C=O) groups excluding carboxylic acids is 2. The van der Waals surface area contributed by atoms with Gasteiger partial charge in [-0.05, 0) is 26.0 Å². The number of thioether (sulfide) groups is 1. The molecule has 0 aliphatic rings. The predicted octanol–water partition coefficient (Wildman–Crippen LogP) is 1.83. The minimum Gasteiger partial charge on any atom is -0.352 e. The summed E-state index contributed by atoms with van der Waals surface area (Å²) in [6.45, 7) is 3.45. The summed E-state index contributed by atoms with van der Waals surface area (Å²) in [5, 5.41) is 5.33. The Hall–Kier alpha value is -1.77. The van der Waals surface area contributed by atoms with E-state index in [1.165, 1.54) is 6.07 Å². The molecule has 1 rings (SSSR count). The Kier molecular flexibility index (Phi) is 6.66. The molecule has 0 unspecified atom stereocenters. The van der Waals surface area contributed by atoms with Gasteiger partial charge in [0.2, 0.25) is 11.8 Å². The molecular formula is C13H16F3N3O2S. The van der Waals surface area contributed by atoms with Gasteiger partial charge in [0.1, 0.15) is 0 Å². The van der Waals surface area contributed by atoms with E-state index >= 15 is 0 Å². The summed E-state index contributed by atoms with van der Waals surface area (Å²) >= 11 is 0.991. The molecule has 0 fully saturated rings. The number of hydrogen-bond acceptors (Lipinski definition) is 4. The fraction of sp³-hybridized carbons (Fsp3) is 0.462. The maximum Gasteiger partial charge on any atom is 0.417 e. The first-order valence-corrected chi connectivity index (χ1v) is 7.39. The van der Waals surface area contributed by atoms with Crippen molar-refractivity contribution in [3.8, 4) is 0 Å². The second-order valence-corrected chi connectivity index (χ2v) is 5.67. The van der Waals surface area contributed by atoms with Crippen LogP contribution in [0.5, 0.6) is 0 Å². The Balaban J connectivity index is 2.37. The molecule has 1 heterocycles. The molecule has 22 heavy (non-hydrogen) atoms. The number of amides is 2. The summed E-state index contributed by atoms with van der Waals surface area (Å²) in [6.07, 6.45) is -3.71. The highest BCUT2D eigenvalue weighted by Gasteiger charge is 2.30. The lowest BCUT2D eigenvalue weighted by molar-refractivity contribution is -0.137. The van der Waals surface area contributed by atoms with Crippen molar-refractivity contribution in [1.29, 1.82) is 0 Å². The molecule has 1 aromatic rings. The normalized spacial score (nSPS) is 11.4. The van der Waals surface area contributed by atoms with Crippen molar-refractivity contribution in [2.45, 2.75) is 31.1 Å². The summed E-state index contributed by atoms with van der Waals surface area (Å²) in [6, 6.07) is 2.09. The van der Waals surface area contributed by atoms with Crippen LogP contribution in [0.4, 0.5) is 13.2 Å². The number of pyridine rings is 1. The number of nitrogens with one attached hydrogen (secondary N) is 2. The van der Waals surface area contributed by atoms with Crippen molar-refractivity contribution in [2.24, 2.45) is 0 Å². The van der Waals surface area contributed by atoms with Crippen LogP contribution in [0, 0.1) is 0 Å². The van der Waals surface area contributed by atoms with Gasteiger partial charge in [0.05, 0.1) is 22.9 Å². The summed E-state index contributed by atoms with van der Waals surface area (Å²) in [5.41, 5.74) is -0.841. The molecule has 2 N–H and O–H groups in total. The smallest absolute Gasteiger partial charge is 0.352 e. The minimum absolute atomic E-state index is 0.0184. The highest BCUT2D eigenvalue weighted by Crippen LogP contribution is 2.29. The van der Waals surface area contributed by atoms with Gasteiger partial charge < -0.3 is 10.6 Å². The number of carbonyl (C=O) groups is 2. The van der Waals surface area contributed by atoms with Crippen LogP contribution in [-0.2, 0) is 15.8 Å². The molecule has 0 spiro atoms.